The summed E-state index contributed by atoms with van der Waals surface area (Å²) in [5.74, 6) is 1.39. The van der Waals surface area contributed by atoms with Crippen molar-refractivity contribution in [3.05, 3.63) is 79.0 Å². The Morgan fingerprint density at radius 2 is 1.70 bits per heavy atom. The number of aliphatic hydroxyl groups is 1. The van der Waals surface area contributed by atoms with Gasteiger partial charge in [-0.1, -0.05) is 18.2 Å². The van der Waals surface area contributed by atoms with Gasteiger partial charge in [-0.2, -0.15) is 4.98 Å². The van der Waals surface area contributed by atoms with Gasteiger partial charge in [0.25, 0.3) is 0 Å². The molecule has 0 saturated heterocycles. The van der Waals surface area contributed by atoms with Gasteiger partial charge in [0.2, 0.25) is 5.95 Å². The number of hydrogen-bond acceptors (Lipinski definition) is 10. The summed E-state index contributed by atoms with van der Waals surface area (Å²) in [5, 5.41) is 21.5. The van der Waals surface area contributed by atoms with Gasteiger partial charge in [-0.15, -0.1) is 4.36 Å². The minimum atomic E-state index is -2.29. The van der Waals surface area contributed by atoms with E-state index >= 15 is 0 Å². The fraction of sp³-hybridized carbons (Fsp3) is 0.200. The van der Waals surface area contributed by atoms with E-state index in [1.807, 2.05) is 19.1 Å². The smallest absolute Gasteiger partial charge is 0.441 e. The van der Waals surface area contributed by atoms with E-state index in [1.54, 1.807) is 80.9 Å². The minimum absolute atomic E-state index is 0.117. The highest BCUT2D eigenvalue weighted by Gasteiger charge is 2.13. The molecule has 14 heteroatoms. The Kier molecular flexibility index (Phi) is 11.0. The fourth-order valence-electron chi connectivity index (χ4n) is 3.86. The SMILES string of the molecule is CCOC(=O)N=[SH](=O)c1ccc(Nc2ncc(-c3ccc(NC(=O)Nc4cccc(OC)c4)cc3)c(NC(C)CO)n2)cc1. The normalized spacial score (nSPS) is 12.1. The predicted molar refractivity (Wildman–Crippen MR) is 170 cm³/mol. The van der Waals surface area contributed by atoms with Crippen LogP contribution in [-0.4, -0.2) is 57.8 Å². The van der Waals surface area contributed by atoms with Gasteiger partial charge in [0.15, 0.2) is 0 Å². The zero-order valence-corrected chi connectivity index (χ0v) is 25.2. The Bertz CT molecular complexity index is 1680. The lowest BCUT2D eigenvalue weighted by molar-refractivity contribution is 0.164. The van der Waals surface area contributed by atoms with Gasteiger partial charge in [-0.05, 0) is 67.9 Å². The Labute approximate surface area is 256 Å². The van der Waals surface area contributed by atoms with Crippen molar-refractivity contribution in [1.29, 1.82) is 0 Å². The first-order chi connectivity index (χ1) is 21.3. The first-order valence-electron chi connectivity index (χ1n) is 13.6. The minimum Gasteiger partial charge on any atom is -0.497 e. The molecule has 1 heterocycles. The maximum atomic E-state index is 12.5. The summed E-state index contributed by atoms with van der Waals surface area (Å²) in [6.45, 7) is 3.49. The maximum absolute atomic E-state index is 12.5. The number of hydrogen-bond donors (Lipinski definition) is 6. The van der Waals surface area contributed by atoms with Gasteiger partial charge in [-0.3, -0.25) is 0 Å². The molecule has 0 aliphatic carbocycles. The van der Waals surface area contributed by atoms with Crippen LogP contribution in [0.4, 0.5) is 38.4 Å². The standard InChI is InChI=1S/C30H33N7O6S/c1-4-43-30(40)37-44(41)25-14-12-21(13-15-25)33-28-31-17-26(27(36-28)32-19(2)18-38)20-8-10-22(11-9-20)34-29(39)35-23-6-5-7-24(16-23)42-3/h5-17,19,38,44H,4,18H2,1-3H3,(H2,34,35,39)(H2,31,32,33,36). The average Bonchev–Trinajstić information content (AvgIpc) is 3.02. The van der Waals surface area contributed by atoms with Crippen LogP contribution in [0.1, 0.15) is 13.8 Å². The third kappa shape index (κ3) is 8.89. The second-order valence-electron chi connectivity index (χ2n) is 9.32. The van der Waals surface area contributed by atoms with Crippen LogP contribution in [-0.2, 0) is 15.3 Å². The van der Waals surface area contributed by atoms with Gasteiger partial charge in [0.1, 0.15) is 11.6 Å². The zero-order chi connectivity index (χ0) is 31.5. The van der Waals surface area contributed by atoms with E-state index in [-0.39, 0.29) is 25.2 Å². The fourth-order valence-corrected chi connectivity index (χ4v) is 4.58. The molecule has 0 saturated carbocycles. The van der Waals surface area contributed by atoms with Crippen LogP contribution in [0.15, 0.2) is 88.3 Å². The highest BCUT2D eigenvalue weighted by Crippen LogP contribution is 2.29. The van der Waals surface area contributed by atoms with Crippen LogP contribution in [0.5, 0.6) is 5.75 Å². The van der Waals surface area contributed by atoms with E-state index in [4.69, 9.17) is 9.47 Å². The summed E-state index contributed by atoms with van der Waals surface area (Å²) in [5.41, 5.74) is 3.24. The van der Waals surface area contributed by atoms with Crippen LogP contribution in [0.2, 0.25) is 0 Å². The molecular weight excluding hydrogens is 586 g/mol. The molecule has 2 atom stereocenters. The molecule has 0 fully saturated rings. The first-order valence-corrected chi connectivity index (χ1v) is 14.8. The van der Waals surface area contributed by atoms with Crippen molar-refractivity contribution in [1.82, 2.24) is 9.97 Å². The number of nitrogens with one attached hydrogen (secondary N) is 4. The molecule has 3 aromatic carbocycles. The van der Waals surface area contributed by atoms with Crippen molar-refractivity contribution < 1.29 is 28.4 Å². The number of aliphatic hydroxyl groups excluding tert-OH is 1. The van der Waals surface area contributed by atoms with Crippen molar-refractivity contribution >= 4 is 51.5 Å². The molecule has 2 unspecified atom stereocenters. The summed E-state index contributed by atoms with van der Waals surface area (Å²) < 4.78 is 25.7. The Morgan fingerprint density at radius 3 is 2.39 bits per heavy atom. The molecule has 0 bridgehead atoms. The lowest BCUT2D eigenvalue weighted by atomic mass is 10.1. The van der Waals surface area contributed by atoms with Crippen LogP contribution in [0.3, 0.4) is 0 Å². The van der Waals surface area contributed by atoms with Crippen LogP contribution >= 0.6 is 0 Å². The first kappa shape index (κ1) is 31.7. The zero-order valence-electron chi connectivity index (χ0n) is 24.3. The Hall–Kier alpha value is -5.21. The summed E-state index contributed by atoms with van der Waals surface area (Å²) in [6.07, 6.45) is 0.769. The lowest BCUT2D eigenvalue weighted by Crippen LogP contribution is -2.21. The maximum Gasteiger partial charge on any atom is 0.441 e. The van der Waals surface area contributed by atoms with Gasteiger partial charge in [-0.25, -0.2) is 18.8 Å². The number of urea groups is 1. The van der Waals surface area contributed by atoms with Gasteiger partial charge in [0.05, 0.1) is 30.9 Å². The van der Waals surface area contributed by atoms with Crippen LogP contribution in [0, 0.1) is 0 Å². The number of carbonyl (C=O) groups excluding carboxylic acids is 2. The molecular formula is C30H33N7O6S. The van der Waals surface area contributed by atoms with E-state index in [2.05, 4.69) is 35.6 Å². The summed E-state index contributed by atoms with van der Waals surface area (Å²) in [4.78, 5) is 33.4. The molecule has 13 nitrogen and oxygen atoms in total. The molecule has 0 aliphatic heterocycles. The highest BCUT2D eigenvalue weighted by atomic mass is 32.2. The van der Waals surface area contributed by atoms with E-state index in [0.717, 1.165) is 5.56 Å². The number of rotatable bonds is 11. The molecule has 0 aliphatic rings. The average molecular weight is 620 g/mol. The van der Waals surface area contributed by atoms with Crippen molar-refractivity contribution in [3.8, 4) is 16.9 Å². The third-order valence-electron chi connectivity index (χ3n) is 6.01. The predicted octanol–water partition coefficient (Wildman–Crippen LogP) is 5.51. The summed E-state index contributed by atoms with van der Waals surface area (Å²) >= 11 is 0. The van der Waals surface area contributed by atoms with Gasteiger partial charge < -0.3 is 35.8 Å². The number of ether oxygens (including phenoxy) is 2. The van der Waals surface area contributed by atoms with Crippen molar-refractivity contribution in [2.75, 3.05) is 41.6 Å². The van der Waals surface area contributed by atoms with E-state index < -0.39 is 22.7 Å². The monoisotopic (exact) mass is 619 g/mol. The molecule has 1 aromatic heterocycles. The van der Waals surface area contributed by atoms with Crippen LogP contribution < -0.4 is 26.0 Å². The number of methoxy groups -OCH3 is 1. The summed E-state index contributed by atoms with van der Waals surface area (Å²) in [7, 11) is -0.734. The molecule has 44 heavy (non-hydrogen) atoms. The molecule has 3 amide bonds. The van der Waals surface area contributed by atoms with Crippen molar-refractivity contribution in [2.24, 2.45) is 4.36 Å². The molecule has 5 N–H and O–H groups in total. The highest BCUT2D eigenvalue weighted by molar-refractivity contribution is 7.75. The lowest BCUT2D eigenvalue weighted by Gasteiger charge is -2.17. The number of thiol groups is 1. The molecule has 4 aromatic rings. The molecule has 0 radical (unpaired) electrons. The topological polar surface area (TPSA) is 176 Å². The Balaban J connectivity index is 1.48. The Morgan fingerprint density at radius 1 is 1.00 bits per heavy atom. The quantitative estimate of drug-likeness (QED) is 0.117. The van der Waals surface area contributed by atoms with Crippen molar-refractivity contribution in [2.45, 2.75) is 24.8 Å². The number of carbonyl (C=O) groups is 2. The number of nitrogens with zero attached hydrogens (tertiary/aromatic N) is 3. The number of benzene rings is 3. The number of amides is 3. The van der Waals surface area contributed by atoms with Crippen molar-refractivity contribution in [3.63, 3.8) is 0 Å². The van der Waals surface area contributed by atoms with E-state index in [0.29, 0.717) is 39.1 Å². The second kappa shape index (κ2) is 15.3. The van der Waals surface area contributed by atoms with Gasteiger partial charge in [0, 0.05) is 45.8 Å². The third-order valence-corrected chi connectivity index (χ3v) is 7.10. The molecule has 4 rings (SSSR count). The number of aromatic nitrogens is 2. The van der Waals surface area contributed by atoms with Crippen LogP contribution in [0.25, 0.3) is 11.1 Å². The molecule has 230 valence electrons. The van der Waals surface area contributed by atoms with Gasteiger partial charge >= 0.3 is 12.1 Å². The second-order valence-corrected chi connectivity index (χ2v) is 10.6. The van der Waals surface area contributed by atoms with E-state index in [9.17, 15) is 18.9 Å². The summed E-state index contributed by atoms with van der Waals surface area (Å²) in [6, 6.07) is 20.0. The number of anilines is 5. The van der Waals surface area contributed by atoms with E-state index in [1.165, 1.54) is 0 Å². The molecule has 0 spiro atoms. The largest absolute Gasteiger partial charge is 0.497 e.